The molecule has 0 aromatic heterocycles. The Labute approximate surface area is 123 Å². The van der Waals surface area contributed by atoms with Crippen molar-refractivity contribution in [1.29, 1.82) is 0 Å². The first-order chi connectivity index (χ1) is 9.02. The maximum atomic E-state index is 6.07. The van der Waals surface area contributed by atoms with Crippen LogP contribution in [0.4, 0.5) is 0 Å². The van der Waals surface area contributed by atoms with E-state index >= 15 is 0 Å². The van der Waals surface area contributed by atoms with Crippen molar-refractivity contribution < 1.29 is 0 Å². The highest BCUT2D eigenvalue weighted by molar-refractivity contribution is 6.13. The summed E-state index contributed by atoms with van der Waals surface area (Å²) in [6.07, 6.45) is 12.8. The molecular formula is C18H33B. The maximum absolute atomic E-state index is 6.07. The molecule has 1 heteroatoms. The van der Waals surface area contributed by atoms with E-state index in [9.17, 15) is 0 Å². The summed E-state index contributed by atoms with van der Waals surface area (Å²) < 4.78 is 0. The van der Waals surface area contributed by atoms with Crippen LogP contribution in [0.15, 0.2) is 22.8 Å². The second kappa shape index (κ2) is 11.4. The van der Waals surface area contributed by atoms with Crippen molar-refractivity contribution in [3.63, 3.8) is 0 Å². The van der Waals surface area contributed by atoms with Gasteiger partial charge < -0.3 is 0 Å². The quantitative estimate of drug-likeness (QED) is 0.242. The van der Waals surface area contributed by atoms with Crippen LogP contribution in [0.5, 0.6) is 0 Å². The van der Waals surface area contributed by atoms with E-state index in [1.807, 2.05) is 0 Å². The number of allylic oxidation sites excluding steroid dienone is 4. The van der Waals surface area contributed by atoms with E-state index < -0.39 is 0 Å². The SMILES string of the molecule is [B]C(CC)C(C)=C(C)C=C(C)CCCCCCCC. The summed E-state index contributed by atoms with van der Waals surface area (Å²) in [6, 6.07) is 0. The van der Waals surface area contributed by atoms with Crippen LogP contribution in [-0.2, 0) is 0 Å². The van der Waals surface area contributed by atoms with E-state index in [4.69, 9.17) is 7.85 Å². The third-order valence-electron chi connectivity index (χ3n) is 4.01. The summed E-state index contributed by atoms with van der Waals surface area (Å²) in [5, 5.41) is 0. The minimum absolute atomic E-state index is 0.220. The first-order valence-electron chi connectivity index (χ1n) is 8.13. The fourth-order valence-electron chi connectivity index (χ4n) is 2.34. The monoisotopic (exact) mass is 260 g/mol. The first-order valence-corrected chi connectivity index (χ1v) is 8.13. The van der Waals surface area contributed by atoms with Crippen molar-refractivity contribution in [1.82, 2.24) is 0 Å². The Morgan fingerprint density at radius 3 is 2.11 bits per heavy atom. The molecule has 0 saturated heterocycles. The molecule has 0 bridgehead atoms. The molecular weight excluding hydrogens is 227 g/mol. The second-order valence-corrected chi connectivity index (χ2v) is 5.89. The average Bonchev–Trinajstić information content (AvgIpc) is 2.40. The molecule has 0 aromatic rings. The molecule has 108 valence electrons. The van der Waals surface area contributed by atoms with Gasteiger partial charge in [-0.05, 0) is 33.6 Å². The number of hydrogen-bond donors (Lipinski definition) is 0. The molecule has 0 aromatic carbocycles. The molecule has 0 saturated carbocycles. The minimum atomic E-state index is 0.220. The van der Waals surface area contributed by atoms with Crippen molar-refractivity contribution in [2.24, 2.45) is 0 Å². The Balaban J connectivity index is 4.05. The molecule has 19 heavy (non-hydrogen) atoms. The molecule has 0 heterocycles. The predicted molar refractivity (Wildman–Crippen MR) is 89.9 cm³/mol. The van der Waals surface area contributed by atoms with Gasteiger partial charge >= 0.3 is 0 Å². The lowest BCUT2D eigenvalue weighted by molar-refractivity contribution is 0.606. The van der Waals surface area contributed by atoms with Gasteiger partial charge in [0, 0.05) is 0 Å². The minimum Gasteiger partial charge on any atom is -0.0760 e. The van der Waals surface area contributed by atoms with Crippen LogP contribution in [0, 0.1) is 0 Å². The fraction of sp³-hybridized carbons (Fsp3) is 0.778. The second-order valence-electron chi connectivity index (χ2n) is 5.89. The number of unbranched alkanes of at least 4 members (excludes halogenated alkanes) is 5. The summed E-state index contributed by atoms with van der Waals surface area (Å²) in [7, 11) is 6.07. The molecule has 0 aliphatic rings. The largest absolute Gasteiger partial charge is 0.0760 e. The summed E-state index contributed by atoms with van der Waals surface area (Å²) in [5.74, 6) is 0.220. The van der Waals surface area contributed by atoms with Crippen LogP contribution in [0.1, 0.15) is 86.0 Å². The van der Waals surface area contributed by atoms with Gasteiger partial charge in [-0.3, -0.25) is 0 Å². The van der Waals surface area contributed by atoms with Crippen LogP contribution in [0.2, 0.25) is 5.82 Å². The molecule has 0 aliphatic carbocycles. The molecule has 0 N–H and O–H groups in total. The maximum Gasteiger partial charge on any atom is 0.0759 e. The van der Waals surface area contributed by atoms with Crippen molar-refractivity contribution in [3.05, 3.63) is 22.8 Å². The zero-order valence-corrected chi connectivity index (χ0v) is 13.9. The van der Waals surface area contributed by atoms with Gasteiger partial charge in [-0.15, -0.1) is 0 Å². The van der Waals surface area contributed by atoms with Crippen molar-refractivity contribution >= 4 is 7.85 Å². The Morgan fingerprint density at radius 1 is 0.947 bits per heavy atom. The van der Waals surface area contributed by atoms with E-state index in [0.29, 0.717) is 0 Å². The number of rotatable bonds is 10. The van der Waals surface area contributed by atoms with Gasteiger partial charge in [0.15, 0.2) is 0 Å². The number of hydrogen-bond acceptors (Lipinski definition) is 0. The molecule has 0 rings (SSSR count). The molecule has 0 fully saturated rings. The van der Waals surface area contributed by atoms with Gasteiger partial charge in [0.2, 0.25) is 0 Å². The Morgan fingerprint density at radius 2 is 1.53 bits per heavy atom. The Bertz CT molecular complexity index is 286. The third-order valence-corrected chi connectivity index (χ3v) is 4.01. The van der Waals surface area contributed by atoms with Gasteiger partial charge in [-0.2, -0.15) is 0 Å². The van der Waals surface area contributed by atoms with E-state index in [2.05, 4.69) is 40.7 Å². The van der Waals surface area contributed by atoms with E-state index in [-0.39, 0.29) is 5.82 Å². The highest BCUT2D eigenvalue weighted by Crippen LogP contribution is 2.23. The molecule has 0 amide bonds. The van der Waals surface area contributed by atoms with E-state index in [0.717, 1.165) is 6.42 Å². The van der Waals surface area contributed by atoms with Crippen molar-refractivity contribution in [2.75, 3.05) is 0 Å². The standard InChI is InChI=1S/C18H33B/c1-6-8-9-10-11-12-13-15(3)14-16(4)17(5)18(19)7-2/h14,18H,6-13H2,1-5H3. The van der Waals surface area contributed by atoms with Crippen molar-refractivity contribution in [2.45, 2.75) is 91.8 Å². The smallest absolute Gasteiger partial charge is 0.0759 e. The van der Waals surface area contributed by atoms with Crippen LogP contribution in [0.25, 0.3) is 0 Å². The van der Waals surface area contributed by atoms with Gasteiger partial charge in [0.05, 0.1) is 7.85 Å². The normalized spacial score (nSPS) is 15.3. The third kappa shape index (κ3) is 9.13. The lowest BCUT2D eigenvalue weighted by atomic mass is 9.77. The lowest BCUT2D eigenvalue weighted by Gasteiger charge is -2.12. The molecule has 0 spiro atoms. The van der Waals surface area contributed by atoms with Crippen LogP contribution in [-0.4, -0.2) is 7.85 Å². The predicted octanol–water partition coefficient (Wildman–Crippen LogP) is 6.39. The molecule has 0 aliphatic heterocycles. The van der Waals surface area contributed by atoms with Crippen LogP contribution < -0.4 is 0 Å². The van der Waals surface area contributed by atoms with Gasteiger partial charge in [0.25, 0.3) is 0 Å². The summed E-state index contributed by atoms with van der Waals surface area (Å²) >= 11 is 0. The van der Waals surface area contributed by atoms with Crippen molar-refractivity contribution in [3.8, 4) is 0 Å². The van der Waals surface area contributed by atoms with Gasteiger partial charge in [0.1, 0.15) is 0 Å². The summed E-state index contributed by atoms with van der Waals surface area (Å²) in [4.78, 5) is 0. The first kappa shape index (κ1) is 18.5. The fourth-order valence-corrected chi connectivity index (χ4v) is 2.34. The highest BCUT2D eigenvalue weighted by Gasteiger charge is 2.03. The van der Waals surface area contributed by atoms with Gasteiger partial charge in [-0.25, -0.2) is 0 Å². The molecule has 2 radical (unpaired) electrons. The average molecular weight is 260 g/mol. The van der Waals surface area contributed by atoms with E-state index in [1.54, 1.807) is 0 Å². The molecule has 0 nitrogen and oxygen atoms in total. The summed E-state index contributed by atoms with van der Waals surface area (Å²) in [5.41, 5.74) is 4.19. The molecule has 1 unspecified atom stereocenters. The van der Waals surface area contributed by atoms with Crippen LogP contribution >= 0.6 is 0 Å². The van der Waals surface area contributed by atoms with Crippen LogP contribution in [0.3, 0.4) is 0 Å². The highest BCUT2D eigenvalue weighted by atomic mass is 14.1. The summed E-state index contributed by atoms with van der Waals surface area (Å²) in [6.45, 7) is 11.0. The Hall–Kier alpha value is -0.455. The molecule has 1 atom stereocenters. The topological polar surface area (TPSA) is 0 Å². The zero-order valence-electron chi connectivity index (χ0n) is 13.9. The van der Waals surface area contributed by atoms with Gasteiger partial charge in [-0.1, -0.05) is 81.0 Å². The van der Waals surface area contributed by atoms with E-state index in [1.165, 1.54) is 61.7 Å². The Kier molecular flexibility index (Phi) is 11.1. The lowest BCUT2D eigenvalue weighted by Crippen LogP contribution is -1.95. The zero-order chi connectivity index (χ0) is 14.7.